The second-order valence-corrected chi connectivity index (χ2v) is 5.16. The van der Waals surface area contributed by atoms with Crippen LogP contribution < -0.4 is 10.6 Å². The number of hydrogen-bond acceptors (Lipinski definition) is 2. The molecule has 24 heavy (non-hydrogen) atoms. The molecule has 4 nitrogen and oxygen atoms in total. The topological polar surface area (TPSA) is 56.7 Å². The standard InChI is InChI=1S/C15H21F4N3O.HI/c1-3-20-14(21-7-10(2)9-23)22-8-11-4-5-12(16)6-13(11)15(17,18)19;/h4-6,10,23H,3,7-9H2,1-2H3,(H2,20,21,22);1H. The third-order valence-corrected chi connectivity index (χ3v) is 3.06. The molecule has 138 valence electrons. The highest BCUT2D eigenvalue weighted by atomic mass is 127. The Morgan fingerprint density at radius 3 is 2.50 bits per heavy atom. The summed E-state index contributed by atoms with van der Waals surface area (Å²) >= 11 is 0. The van der Waals surface area contributed by atoms with Crippen LogP contribution in [0, 0.1) is 11.7 Å². The minimum atomic E-state index is -4.63. The molecule has 1 aromatic rings. The van der Waals surface area contributed by atoms with Crippen LogP contribution in [0.5, 0.6) is 0 Å². The summed E-state index contributed by atoms with van der Waals surface area (Å²) in [5.41, 5.74) is -1.13. The first kappa shape index (κ1) is 22.9. The van der Waals surface area contributed by atoms with Crippen LogP contribution >= 0.6 is 24.0 Å². The van der Waals surface area contributed by atoms with E-state index in [-0.39, 0.29) is 48.6 Å². The number of aliphatic imine (C=N–C) groups is 1. The molecule has 9 heteroatoms. The zero-order valence-electron chi connectivity index (χ0n) is 13.5. The molecule has 0 radical (unpaired) electrons. The lowest BCUT2D eigenvalue weighted by Gasteiger charge is -2.15. The van der Waals surface area contributed by atoms with Crippen molar-refractivity contribution >= 4 is 29.9 Å². The minimum Gasteiger partial charge on any atom is -0.396 e. The summed E-state index contributed by atoms with van der Waals surface area (Å²) < 4.78 is 51.8. The molecule has 0 bridgehead atoms. The molecular formula is C15H22F4IN3O. The molecule has 0 amide bonds. The van der Waals surface area contributed by atoms with E-state index in [1.807, 2.05) is 13.8 Å². The van der Waals surface area contributed by atoms with Crippen LogP contribution in [-0.4, -0.2) is 30.8 Å². The molecule has 1 rings (SSSR count). The number of aliphatic hydroxyl groups excluding tert-OH is 1. The van der Waals surface area contributed by atoms with Crippen molar-refractivity contribution in [3.8, 4) is 0 Å². The summed E-state index contributed by atoms with van der Waals surface area (Å²) in [6.45, 7) is 4.36. The van der Waals surface area contributed by atoms with E-state index in [1.54, 1.807) is 0 Å². The Morgan fingerprint density at radius 1 is 1.29 bits per heavy atom. The van der Waals surface area contributed by atoms with Gasteiger partial charge in [-0.15, -0.1) is 24.0 Å². The lowest BCUT2D eigenvalue weighted by molar-refractivity contribution is -0.138. The Kier molecular flexibility index (Phi) is 10.2. The highest BCUT2D eigenvalue weighted by Crippen LogP contribution is 2.32. The number of alkyl halides is 3. The summed E-state index contributed by atoms with van der Waals surface area (Å²) in [6.07, 6.45) is -4.63. The van der Waals surface area contributed by atoms with Gasteiger partial charge >= 0.3 is 6.18 Å². The molecule has 0 spiro atoms. The molecule has 0 aliphatic rings. The van der Waals surface area contributed by atoms with Crippen molar-refractivity contribution in [3.05, 3.63) is 35.1 Å². The molecule has 0 saturated heterocycles. The van der Waals surface area contributed by atoms with Gasteiger partial charge < -0.3 is 15.7 Å². The van der Waals surface area contributed by atoms with Crippen LogP contribution in [0.4, 0.5) is 17.6 Å². The second-order valence-electron chi connectivity index (χ2n) is 5.16. The summed E-state index contributed by atoms with van der Waals surface area (Å²) in [5, 5.41) is 14.8. The normalized spacial score (nSPS) is 13.2. The summed E-state index contributed by atoms with van der Waals surface area (Å²) in [6, 6.07) is 2.54. The largest absolute Gasteiger partial charge is 0.416 e. The Labute approximate surface area is 155 Å². The highest BCUT2D eigenvalue weighted by molar-refractivity contribution is 14.0. The monoisotopic (exact) mass is 463 g/mol. The van der Waals surface area contributed by atoms with E-state index in [0.29, 0.717) is 25.1 Å². The fourth-order valence-corrected chi connectivity index (χ4v) is 1.79. The van der Waals surface area contributed by atoms with Crippen molar-refractivity contribution in [1.29, 1.82) is 0 Å². The van der Waals surface area contributed by atoms with Crippen LogP contribution in [0.3, 0.4) is 0 Å². The first-order valence-corrected chi connectivity index (χ1v) is 7.26. The molecule has 1 atom stereocenters. The number of nitrogens with one attached hydrogen (secondary N) is 2. The van der Waals surface area contributed by atoms with Gasteiger partial charge in [-0.05, 0) is 30.5 Å². The van der Waals surface area contributed by atoms with Gasteiger partial charge in [0.2, 0.25) is 0 Å². The van der Waals surface area contributed by atoms with Crippen molar-refractivity contribution in [2.24, 2.45) is 10.9 Å². The lowest BCUT2D eigenvalue weighted by Crippen LogP contribution is -2.40. The van der Waals surface area contributed by atoms with Gasteiger partial charge in [-0.1, -0.05) is 13.0 Å². The molecule has 1 unspecified atom stereocenters. The van der Waals surface area contributed by atoms with E-state index in [1.165, 1.54) is 0 Å². The third kappa shape index (κ3) is 7.65. The fourth-order valence-electron chi connectivity index (χ4n) is 1.79. The average molecular weight is 463 g/mol. The molecular weight excluding hydrogens is 441 g/mol. The number of rotatable bonds is 6. The highest BCUT2D eigenvalue weighted by Gasteiger charge is 2.33. The molecule has 0 fully saturated rings. The Morgan fingerprint density at radius 2 is 1.96 bits per heavy atom. The van der Waals surface area contributed by atoms with E-state index in [4.69, 9.17) is 5.11 Å². The van der Waals surface area contributed by atoms with Gasteiger partial charge in [0.05, 0.1) is 12.1 Å². The summed E-state index contributed by atoms with van der Waals surface area (Å²) in [4.78, 5) is 4.08. The maximum absolute atomic E-state index is 13.1. The maximum Gasteiger partial charge on any atom is 0.416 e. The van der Waals surface area contributed by atoms with E-state index in [2.05, 4.69) is 15.6 Å². The third-order valence-electron chi connectivity index (χ3n) is 3.06. The number of guanidine groups is 1. The average Bonchev–Trinajstić information content (AvgIpc) is 2.49. The van der Waals surface area contributed by atoms with Crippen molar-refractivity contribution in [1.82, 2.24) is 10.6 Å². The SMILES string of the molecule is CCNC(=NCc1ccc(F)cc1C(F)(F)F)NCC(C)CO.I. The van der Waals surface area contributed by atoms with Crippen molar-refractivity contribution in [2.45, 2.75) is 26.6 Å². The Bertz CT molecular complexity index is 538. The number of hydrogen-bond donors (Lipinski definition) is 3. The molecule has 3 N–H and O–H groups in total. The number of halogens is 5. The molecule has 0 heterocycles. The zero-order chi connectivity index (χ0) is 17.5. The van der Waals surface area contributed by atoms with Gasteiger partial charge in [0.1, 0.15) is 5.82 Å². The first-order chi connectivity index (χ1) is 10.8. The predicted octanol–water partition coefficient (Wildman–Crippen LogP) is 3.15. The second kappa shape index (κ2) is 10.7. The lowest BCUT2D eigenvalue weighted by atomic mass is 10.1. The van der Waals surface area contributed by atoms with Crippen LogP contribution in [0.15, 0.2) is 23.2 Å². The van der Waals surface area contributed by atoms with Crippen LogP contribution in [-0.2, 0) is 12.7 Å². The van der Waals surface area contributed by atoms with Gasteiger partial charge in [0.15, 0.2) is 5.96 Å². The fraction of sp³-hybridized carbons (Fsp3) is 0.533. The van der Waals surface area contributed by atoms with Crippen LogP contribution in [0.1, 0.15) is 25.0 Å². The van der Waals surface area contributed by atoms with E-state index >= 15 is 0 Å². The van der Waals surface area contributed by atoms with E-state index in [9.17, 15) is 17.6 Å². The predicted molar refractivity (Wildman–Crippen MR) is 95.9 cm³/mol. The van der Waals surface area contributed by atoms with Crippen molar-refractivity contribution in [2.75, 3.05) is 19.7 Å². The summed E-state index contributed by atoms with van der Waals surface area (Å²) in [7, 11) is 0. The van der Waals surface area contributed by atoms with Gasteiger partial charge in [-0.3, -0.25) is 0 Å². The summed E-state index contributed by atoms with van der Waals surface area (Å²) in [5.74, 6) is -0.618. The molecule has 0 aliphatic carbocycles. The van der Waals surface area contributed by atoms with Gasteiger partial charge in [-0.2, -0.15) is 13.2 Å². The molecule has 1 aromatic carbocycles. The maximum atomic E-state index is 13.1. The van der Waals surface area contributed by atoms with Gasteiger partial charge in [0, 0.05) is 19.7 Å². The van der Waals surface area contributed by atoms with E-state index in [0.717, 1.165) is 12.1 Å². The van der Waals surface area contributed by atoms with Crippen molar-refractivity contribution in [3.63, 3.8) is 0 Å². The number of nitrogens with zero attached hydrogens (tertiary/aromatic N) is 1. The molecule has 0 aromatic heterocycles. The van der Waals surface area contributed by atoms with Gasteiger partial charge in [0.25, 0.3) is 0 Å². The Hall–Kier alpha value is -1.10. The van der Waals surface area contributed by atoms with Crippen molar-refractivity contribution < 1.29 is 22.7 Å². The quantitative estimate of drug-likeness (QED) is 0.263. The van der Waals surface area contributed by atoms with Crippen LogP contribution in [0.25, 0.3) is 0 Å². The molecule has 0 saturated carbocycles. The number of benzene rings is 1. The first-order valence-electron chi connectivity index (χ1n) is 7.26. The van der Waals surface area contributed by atoms with Crippen LogP contribution in [0.2, 0.25) is 0 Å². The number of aliphatic hydroxyl groups is 1. The smallest absolute Gasteiger partial charge is 0.396 e. The molecule has 0 aliphatic heterocycles. The van der Waals surface area contributed by atoms with Gasteiger partial charge in [-0.25, -0.2) is 9.38 Å². The minimum absolute atomic E-state index is 0. The zero-order valence-corrected chi connectivity index (χ0v) is 15.8. The Balaban J connectivity index is 0.00000529. The van der Waals surface area contributed by atoms with E-state index < -0.39 is 17.6 Å².